The highest BCUT2D eigenvalue weighted by Gasteiger charge is 2.23. The molecule has 2 unspecified atom stereocenters. The molecule has 0 saturated heterocycles. The van der Waals surface area contributed by atoms with Gasteiger partial charge in [0.1, 0.15) is 6.17 Å². The molecule has 1 aliphatic carbocycles. The predicted molar refractivity (Wildman–Crippen MR) is 46.1 cm³/mol. The monoisotopic (exact) mass is 157 g/mol. The molecule has 1 saturated carbocycles. The molecule has 1 heteroatoms. The number of halogens is 1. The normalized spacial score (nSPS) is 32.2. The summed E-state index contributed by atoms with van der Waals surface area (Å²) in [6.07, 6.45) is 7.98. The van der Waals surface area contributed by atoms with E-state index in [1.54, 1.807) is 0 Å². The highest BCUT2D eigenvalue weighted by atomic mass is 19.1. The van der Waals surface area contributed by atoms with Crippen LogP contribution in [0.25, 0.3) is 0 Å². The van der Waals surface area contributed by atoms with Gasteiger partial charge in [-0.2, -0.15) is 0 Å². The number of unbranched alkanes of at least 4 members (excludes halogenated alkanes) is 1. The van der Waals surface area contributed by atoms with E-state index in [1.807, 2.05) is 0 Å². The SMILES string of the molecule is CCCCC1CC[CH]CC1F. The van der Waals surface area contributed by atoms with Gasteiger partial charge in [0.2, 0.25) is 0 Å². The Morgan fingerprint density at radius 2 is 2.36 bits per heavy atom. The molecule has 1 aliphatic rings. The van der Waals surface area contributed by atoms with Gasteiger partial charge in [-0.25, -0.2) is 4.39 Å². The van der Waals surface area contributed by atoms with Crippen molar-refractivity contribution in [2.45, 2.75) is 51.6 Å². The lowest BCUT2D eigenvalue weighted by atomic mass is 9.84. The Morgan fingerprint density at radius 3 is 3.00 bits per heavy atom. The summed E-state index contributed by atoms with van der Waals surface area (Å²) in [7, 11) is 0. The van der Waals surface area contributed by atoms with Crippen LogP contribution in [0.1, 0.15) is 45.4 Å². The minimum Gasteiger partial charge on any atom is -0.247 e. The minimum absolute atomic E-state index is 0.375. The summed E-state index contributed by atoms with van der Waals surface area (Å²) < 4.78 is 13.1. The van der Waals surface area contributed by atoms with Crippen LogP contribution in [0, 0.1) is 12.3 Å². The van der Waals surface area contributed by atoms with E-state index in [-0.39, 0.29) is 0 Å². The zero-order chi connectivity index (χ0) is 8.10. The molecule has 65 valence electrons. The molecule has 0 nitrogen and oxygen atoms in total. The molecular formula is C10H18F. The molecule has 1 fully saturated rings. The third-order valence-corrected chi connectivity index (χ3v) is 2.57. The summed E-state index contributed by atoms with van der Waals surface area (Å²) in [5.74, 6) is 0.375. The van der Waals surface area contributed by atoms with Crippen molar-refractivity contribution in [3.8, 4) is 0 Å². The fourth-order valence-corrected chi connectivity index (χ4v) is 1.77. The van der Waals surface area contributed by atoms with Gasteiger partial charge in [-0.3, -0.25) is 0 Å². The molecule has 0 spiro atoms. The third-order valence-electron chi connectivity index (χ3n) is 2.57. The summed E-state index contributed by atoms with van der Waals surface area (Å²) in [5, 5.41) is 0. The first-order valence-corrected chi connectivity index (χ1v) is 4.80. The Morgan fingerprint density at radius 1 is 1.55 bits per heavy atom. The molecule has 0 aliphatic heterocycles. The summed E-state index contributed by atoms with van der Waals surface area (Å²) in [6, 6.07) is 0. The van der Waals surface area contributed by atoms with Crippen molar-refractivity contribution >= 4 is 0 Å². The minimum atomic E-state index is -0.532. The summed E-state index contributed by atoms with van der Waals surface area (Å²) in [6.45, 7) is 2.17. The molecule has 2 atom stereocenters. The number of alkyl halides is 1. The second kappa shape index (κ2) is 4.74. The van der Waals surface area contributed by atoms with E-state index in [9.17, 15) is 4.39 Å². The van der Waals surface area contributed by atoms with Crippen LogP contribution in [0.2, 0.25) is 0 Å². The highest BCUT2D eigenvalue weighted by molar-refractivity contribution is 4.83. The van der Waals surface area contributed by atoms with Gasteiger partial charge in [0.25, 0.3) is 0 Å². The maximum Gasteiger partial charge on any atom is 0.103 e. The maximum atomic E-state index is 13.1. The van der Waals surface area contributed by atoms with Gasteiger partial charge in [0.05, 0.1) is 0 Å². The fourth-order valence-electron chi connectivity index (χ4n) is 1.77. The molecule has 0 aromatic rings. The number of hydrogen-bond donors (Lipinski definition) is 0. The lowest BCUT2D eigenvalue weighted by molar-refractivity contribution is 0.178. The molecule has 1 radical (unpaired) electrons. The Kier molecular flexibility index (Phi) is 3.88. The van der Waals surface area contributed by atoms with Crippen LogP contribution in [-0.2, 0) is 0 Å². The molecule has 0 aromatic heterocycles. The van der Waals surface area contributed by atoms with Crippen LogP contribution in [0.5, 0.6) is 0 Å². The van der Waals surface area contributed by atoms with E-state index in [1.165, 1.54) is 12.8 Å². The van der Waals surface area contributed by atoms with Gasteiger partial charge in [0.15, 0.2) is 0 Å². The Hall–Kier alpha value is -0.0700. The average molecular weight is 157 g/mol. The van der Waals surface area contributed by atoms with Gasteiger partial charge in [0, 0.05) is 0 Å². The molecular weight excluding hydrogens is 139 g/mol. The first kappa shape index (κ1) is 9.02. The van der Waals surface area contributed by atoms with Crippen LogP contribution in [0.4, 0.5) is 4.39 Å². The molecule has 0 amide bonds. The Bertz CT molecular complexity index is 101. The first-order valence-electron chi connectivity index (χ1n) is 4.80. The first-order chi connectivity index (χ1) is 5.34. The van der Waals surface area contributed by atoms with Crippen molar-refractivity contribution in [1.82, 2.24) is 0 Å². The van der Waals surface area contributed by atoms with Gasteiger partial charge < -0.3 is 0 Å². The topological polar surface area (TPSA) is 0 Å². The second-order valence-corrected chi connectivity index (χ2v) is 3.52. The quantitative estimate of drug-likeness (QED) is 0.588. The van der Waals surface area contributed by atoms with E-state index >= 15 is 0 Å². The molecule has 0 N–H and O–H groups in total. The lowest BCUT2D eigenvalue weighted by Gasteiger charge is -2.25. The third kappa shape index (κ3) is 2.80. The molecule has 1 rings (SSSR count). The van der Waals surface area contributed by atoms with Gasteiger partial charge in [-0.05, 0) is 38.0 Å². The van der Waals surface area contributed by atoms with E-state index < -0.39 is 6.17 Å². The van der Waals surface area contributed by atoms with E-state index in [4.69, 9.17) is 0 Å². The largest absolute Gasteiger partial charge is 0.247 e. The van der Waals surface area contributed by atoms with Crippen molar-refractivity contribution in [3.05, 3.63) is 6.42 Å². The second-order valence-electron chi connectivity index (χ2n) is 3.52. The van der Waals surface area contributed by atoms with Gasteiger partial charge in [-0.15, -0.1) is 0 Å². The van der Waals surface area contributed by atoms with Crippen molar-refractivity contribution in [1.29, 1.82) is 0 Å². The molecule has 0 heterocycles. The Balaban J connectivity index is 2.18. The van der Waals surface area contributed by atoms with Crippen LogP contribution in [0.15, 0.2) is 0 Å². The molecule has 11 heavy (non-hydrogen) atoms. The maximum absolute atomic E-state index is 13.1. The van der Waals surface area contributed by atoms with Crippen LogP contribution in [-0.4, -0.2) is 6.17 Å². The smallest absolute Gasteiger partial charge is 0.103 e. The van der Waals surface area contributed by atoms with Gasteiger partial charge in [-0.1, -0.05) is 19.8 Å². The molecule has 0 bridgehead atoms. The van der Waals surface area contributed by atoms with Crippen LogP contribution < -0.4 is 0 Å². The van der Waals surface area contributed by atoms with Crippen molar-refractivity contribution < 1.29 is 4.39 Å². The zero-order valence-electron chi connectivity index (χ0n) is 7.35. The van der Waals surface area contributed by atoms with Crippen LogP contribution >= 0.6 is 0 Å². The predicted octanol–water partition coefficient (Wildman–Crippen LogP) is 3.52. The number of rotatable bonds is 3. The number of hydrogen-bond acceptors (Lipinski definition) is 0. The highest BCUT2D eigenvalue weighted by Crippen LogP contribution is 2.29. The molecule has 0 aromatic carbocycles. The van der Waals surface area contributed by atoms with Gasteiger partial charge >= 0.3 is 0 Å². The summed E-state index contributed by atoms with van der Waals surface area (Å²) in [5.41, 5.74) is 0. The zero-order valence-corrected chi connectivity index (χ0v) is 7.35. The van der Waals surface area contributed by atoms with E-state index in [2.05, 4.69) is 13.3 Å². The van der Waals surface area contributed by atoms with Crippen LogP contribution in [0.3, 0.4) is 0 Å². The van der Waals surface area contributed by atoms with E-state index in [0.717, 1.165) is 19.3 Å². The average Bonchev–Trinajstić information content (AvgIpc) is 2.03. The van der Waals surface area contributed by atoms with Crippen molar-refractivity contribution in [3.63, 3.8) is 0 Å². The lowest BCUT2D eigenvalue weighted by Crippen LogP contribution is -2.20. The summed E-state index contributed by atoms with van der Waals surface area (Å²) in [4.78, 5) is 0. The fraction of sp³-hybridized carbons (Fsp3) is 0.900. The standard InChI is InChI=1S/C10H18F/c1-2-3-6-9-7-4-5-8-10(9)11/h5,9-10H,2-4,6-8H2,1H3. The van der Waals surface area contributed by atoms with Crippen molar-refractivity contribution in [2.24, 2.45) is 5.92 Å². The van der Waals surface area contributed by atoms with E-state index in [0.29, 0.717) is 12.3 Å². The van der Waals surface area contributed by atoms with Crippen molar-refractivity contribution in [2.75, 3.05) is 0 Å². The Labute approximate surface area is 69.2 Å². The summed E-state index contributed by atoms with van der Waals surface area (Å²) >= 11 is 0.